The predicted octanol–water partition coefficient (Wildman–Crippen LogP) is 2.33. The molecule has 1 aliphatic rings. The molecule has 5 nitrogen and oxygen atoms in total. The summed E-state index contributed by atoms with van der Waals surface area (Å²) in [5.41, 5.74) is 1.74. The maximum Gasteiger partial charge on any atom is 0.292 e. The molecule has 0 saturated carbocycles. The molecule has 1 aromatic carbocycles. The highest BCUT2D eigenvalue weighted by atomic mass is 19.1. The molecule has 1 aromatic heterocycles. The molecule has 3 rings (SSSR count). The molecule has 1 amide bonds. The van der Waals surface area contributed by atoms with Crippen LogP contribution >= 0.6 is 0 Å². The van der Waals surface area contributed by atoms with Crippen molar-refractivity contribution < 1.29 is 13.7 Å². The van der Waals surface area contributed by atoms with Gasteiger partial charge in [0.2, 0.25) is 5.76 Å². The van der Waals surface area contributed by atoms with Crippen LogP contribution in [0.4, 0.5) is 4.39 Å². The second-order valence-corrected chi connectivity index (χ2v) is 5.73. The lowest BCUT2D eigenvalue weighted by Gasteiger charge is -2.34. The average molecular weight is 317 g/mol. The van der Waals surface area contributed by atoms with Crippen LogP contribution in [0.2, 0.25) is 0 Å². The molecule has 122 valence electrons. The third-order valence-electron chi connectivity index (χ3n) is 4.09. The van der Waals surface area contributed by atoms with Gasteiger partial charge in [0.05, 0.1) is 5.69 Å². The highest BCUT2D eigenvalue weighted by Gasteiger charge is 2.24. The minimum absolute atomic E-state index is 0.109. The molecule has 0 N–H and O–H groups in total. The summed E-state index contributed by atoms with van der Waals surface area (Å²) < 4.78 is 18.3. The monoisotopic (exact) mass is 317 g/mol. The number of hydrogen-bond acceptors (Lipinski definition) is 4. The van der Waals surface area contributed by atoms with Crippen LogP contribution in [-0.2, 0) is 13.0 Å². The van der Waals surface area contributed by atoms with E-state index in [-0.39, 0.29) is 11.7 Å². The van der Waals surface area contributed by atoms with Crippen LogP contribution in [0.3, 0.4) is 0 Å². The van der Waals surface area contributed by atoms with Crippen molar-refractivity contribution in [1.82, 2.24) is 15.0 Å². The Morgan fingerprint density at radius 3 is 2.70 bits per heavy atom. The van der Waals surface area contributed by atoms with Gasteiger partial charge in [-0.1, -0.05) is 24.2 Å². The van der Waals surface area contributed by atoms with Crippen LogP contribution in [0, 0.1) is 5.82 Å². The molecule has 1 aliphatic heterocycles. The van der Waals surface area contributed by atoms with E-state index in [2.05, 4.69) is 10.1 Å². The van der Waals surface area contributed by atoms with Crippen molar-refractivity contribution in [1.29, 1.82) is 0 Å². The number of aryl methyl sites for hydroxylation is 1. The van der Waals surface area contributed by atoms with E-state index in [1.54, 1.807) is 23.1 Å². The summed E-state index contributed by atoms with van der Waals surface area (Å²) in [5.74, 6) is -0.0172. The summed E-state index contributed by atoms with van der Waals surface area (Å²) >= 11 is 0. The molecule has 2 heterocycles. The smallest absolute Gasteiger partial charge is 0.292 e. The molecule has 1 saturated heterocycles. The molecule has 0 unspecified atom stereocenters. The van der Waals surface area contributed by atoms with Gasteiger partial charge in [0.25, 0.3) is 5.91 Å². The molecule has 0 aliphatic carbocycles. The van der Waals surface area contributed by atoms with Gasteiger partial charge in [-0.3, -0.25) is 9.69 Å². The average Bonchev–Trinajstić information content (AvgIpc) is 3.04. The SMILES string of the molecule is CCc1cc(C(=O)N2CCN(Cc3cccc(F)c3)CC2)on1. The van der Waals surface area contributed by atoms with Gasteiger partial charge in [-0.15, -0.1) is 0 Å². The Morgan fingerprint density at radius 2 is 2.04 bits per heavy atom. The number of hydrogen-bond donors (Lipinski definition) is 0. The summed E-state index contributed by atoms with van der Waals surface area (Å²) in [6.45, 7) is 5.46. The number of carbonyl (C=O) groups is 1. The number of benzene rings is 1. The number of halogens is 1. The molecule has 1 fully saturated rings. The zero-order valence-electron chi connectivity index (χ0n) is 13.2. The van der Waals surface area contributed by atoms with Crippen molar-refractivity contribution >= 4 is 5.91 Å². The first-order valence-electron chi connectivity index (χ1n) is 7.87. The van der Waals surface area contributed by atoms with E-state index < -0.39 is 0 Å². The minimum Gasteiger partial charge on any atom is -0.351 e. The van der Waals surface area contributed by atoms with E-state index in [0.29, 0.717) is 25.4 Å². The van der Waals surface area contributed by atoms with Gasteiger partial charge in [-0.2, -0.15) is 0 Å². The molecular formula is C17H20FN3O2. The maximum atomic E-state index is 13.2. The van der Waals surface area contributed by atoms with Crippen LogP contribution < -0.4 is 0 Å². The zero-order chi connectivity index (χ0) is 16.2. The molecular weight excluding hydrogens is 297 g/mol. The van der Waals surface area contributed by atoms with Crippen molar-refractivity contribution in [3.05, 3.63) is 53.2 Å². The maximum absolute atomic E-state index is 13.2. The van der Waals surface area contributed by atoms with Crippen LogP contribution in [0.25, 0.3) is 0 Å². The summed E-state index contributed by atoms with van der Waals surface area (Å²) in [6.07, 6.45) is 0.748. The van der Waals surface area contributed by atoms with Crippen molar-refractivity contribution in [2.75, 3.05) is 26.2 Å². The van der Waals surface area contributed by atoms with E-state index in [0.717, 1.165) is 30.8 Å². The minimum atomic E-state index is -0.214. The second kappa shape index (κ2) is 6.91. The fourth-order valence-corrected chi connectivity index (χ4v) is 2.74. The fourth-order valence-electron chi connectivity index (χ4n) is 2.74. The Bertz CT molecular complexity index is 678. The highest BCUT2D eigenvalue weighted by molar-refractivity contribution is 5.91. The van der Waals surface area contributed by atoms with E-state index in [1.165, 1.54) is 6.07 Å². The third kappa shape index (κ3) is 3.76. The van der Waals surface area contributed by atoms with Gasteiger partial charge in [0.15, 0.2) is 0 Å². The van der Waals surface area contributed by atoms with Gasteiger partial charge >= 0.3 is 0 Å². The van der Waals surface area contributed by atoms with Gasteiger partial charge in [0.1, 0.15) is 5.82 Å². The van der Waals surface area contributed by atoms with Crippen molar-refractivity contribution in [2.24, 2.45) is 0 Å². The van der Waals surface area contributed by atoms with Crippen molar-refractivity contribution in [3.63, 3.8) is 0 Å². The van der Waals surface area contributed by atoms with E-state index >= 15 is 0 Å². The molecule has 2 aromatic rings. The molecule has 0 spiro atoms. The molecule has 0 radical (unpaired) electrons. The number of aromatic nitrogens is 1. The first-order valence-corrected chi connectivity index (χ1v) is 7.87. The van der Waals surface area contributed by atoms with Crippen LogP contribution in [0.15, 0.2) is 34.9 Å². The lowest BCUT2D eigenvalue weighted by atomic mass is 10.2. The van der Waals surface area contributed by atoms with Crippen molar-refractivity contribution in [2.45, 2.75) is 19.9 Å². The summed E-state index contributed by atoms with van der Waals surface area (Å²) in [5, 5.41) is 3.86. The number of carbonyl (C=O) groups excluding carboxylic acids is 1. The Balaban J connectivity index is 1.54. The van der Waals surface area contributed by atoms with Crippen LogP contribution in [-0.4, -0.2) is 47.0 Å². The highest BCUT2D eigenvalue weighted by Crippen LogP contribution is 2.13. The Hall–Kier alpha value is -2.21. The molecule has 0 atom stereocenters. The second-order valence-electron chi connectivity index (χ2n) is 5.73. The van der Waals surface area contributed by atoms with E-state index in [4.69, 9.17) is 4.52 Å². The Labute approximate surface area is 134 Å². The van der Waals surface area contributed by atoms with Crippen LogP contribution in [0.5, 0.6) is 0 Å². The molecule has 0 bridgehead atoms. The van der Waals surface area contributed by atoms with Gasteiger partial charge in [-0.25, -0.2) is 4.39 Å². The third-order valence-corrected chi connectivity index (χ3v) is 4.09. The quantitative estimate of drug-likeness (QED) is 0.868. The summed E-state index contributed by atoms with van der Waals surface area (Å²) in [6, 6.07) is 8.35. The van der Waals surface area contributed by atoms with Crippen molar-refractivity contribution in [3.8, 4) is 0 Å². The fraction of sp³-hybridized carbons (Fsp3) is 0.412. The topological polar surface area (TPSA) is 49.6 Å². The van der Waals surface area contributed by atoms with Crippen LogP contribution in [0.1, 0.15) is 28.7 Å². The first-order chi connectivity index (χ1) is 11.2. The summed E-state index contributed by atoms with van der Waals surface area (Å²) in [7, 11) is 0. The van der Waals surface area contributed by atoms with E-state index in [1.807, 2.05) is 13.0 Å². The number of amides is 1. The number of piperazine rings is 1. The Kier molecular flexibility index (Phi) is 4.71. The summed E-state index contributed by atoms with van der Waals surface area (Å²) in [4.78, 5) is 16.4. The Morgan fingerprint density at radius 1 is 1.26 bits per heavy atom. The normalized spacial score (nSPS) is 15.8. The number of nitrogens with zero attached hydrogens (tertiary/aromatic N) is 3. The predicted molar refractivity (Wildman–Crippen MR) is 83.5 cm³/mol. The molecule has 6 heteroatoms. The first kappa shape index (κ1) is 15.7. The van der Waals surface area contributed by atoms with E-state index in [9.17, 15) is 9.18 Å². The number of rotatable bonds is 4. The van der Waals surface area contributed by atoms with Gasteiger partial charge in [-0.05, 0) is 24.1 Å². The van der Waals surface area contributed by atoms with Gasteiger partial charge in [0, 0.05) is 38.8 Å². The lowest BCUT2D eigenvalue weighted by molar-refractivity contribution is 0.0588. The largest absolute Gasteiger partial charge is 0.351 e. The molecule has 23 heavy (non-hydrogen) atoms. The lowest BCUT2D eigenvalue weighted by Crippen LogP contribution is -2.48. The standard InChI is InChI=1S/C17H20FN3O2/c1-2-15-11-16(23-19-15)17(22)21-8-6-20(7-9-21)12-13-4-3-5-14(18)10-13/h3-5,10-11H,2,6-9,12H2,1H3. The van der Waals surface area contributed by atoms with Gasteiger partial charge < -0.3 is 9.42 Å². The zero-order valence-corrected chi connectivity index (χ0v) is 13.2.